The molecule has 148 valence electrons. The summed E-state index contributed by atoms with van der Waals surface area (Å²) >= 11 is 0. The molecule has 0 aliphatic rings. The third-order valence-corrected chi connectivity index (χ3v) is 6.02. The lowest BCUT2D eigenvalue weighted by molar-refractivity contribution is -0.139. The van der Waals surface area contributed by atoms with Crippen molar-refractivity contribution in [3.63, 3.8) is 0 Å². The van der Waals surface area contributed by atoms with E-state index < -0.39 is 26.7 Å². The molecule has 0 fully saturated rings. The summed E-state index contributed by atoms with van der Waals surface area (Å²) in [5, 5.41) is 4.19. The molecule has 28 heavy (non-hydrogen) atoms. The second kappa shape index (κ2) is 7.76. The minimum Gasteiger partial charge on any atom is -0.268 e. The van der Waals surface area contributed by atoms with Crippen LogP contribution < -0.4 is 0 Å². The third kappa shape index (κ3) is 4.42. The van der Waals surface area contributed by atoms with Gasteiger partial charge in [-0.2, -0.15) is 22.6 Å². The molecule has 0 aliphatic carbocycles. The van der Waals surface area contributed by atoms with E-state index in [9.17, 15) is 21.6 Å². The number of nitrogens with zero attached hydrogens (tertiary/aromatic N) is 3. The Morgan fingerprint density at radius 1 is 1.00 bits per heavy atom. The molecular weight excluding hydrogens is 391 g/mol. The van der Waals surface area contributed by atoms with Gasteiger partial charge in [-0.1, -0.05) is 42.5 Å². The van der Waals surface area contributed by atoms with Crippen molar-refractivity contribution in [3.05, 3.63) is 83.7 Å². The summed E-state index contributed by atoms with van der Waals surface area (Å²) in [4.78, 5) is -0.762. The Bertz CT molecular complexity index is 1050. The largest absolute Gasteiger partial charge is 0.417 e. The first-order valence-corrected chi connectivity index (χ1v) is 9.80. The number of sulfonamides is 1. The van der Waals surface area contributed by atoms with Gasteiger partial charge in [-0.3, -0.25) is 4.68 Å². The highest BCUT2D eigenvalue weighted by atomic mass is 32.2. The van der Waals surface area contributed by atoms with Gasteiger partial charge in [-0.25, -0.2) is 8.42 Å². The molecule has 0 radical (unpaired) electrons. The van der Waals surface area contributed by atoms with Gasteiger partial charge in [0.05, 0.1) is 23.2 Å². The van der Waals surface area contributed by atoms with Crippen molar-refractivity contribution in [1.29, 1.82) is 0 Å². The second-order valence-electron chi connectivity index (χ2n) is 6.29. The molecule has 0 saturated heterocycles. The molecule has 5 nitrogen and oxygen atoms in total. The van der Waals surface area contributed by atoms with Gasteiger partial charge in [0.25, 0.3) is 0 Å². The van der Waals surface area contributed by atoms with Crippen LogP contribution in [0.4, 0.5) is 13.2 Å². The van der Waals surface area contributed by atoms with Gasteiger partial charge < -0.3 is 0 Å². The fourth-order valence-corrected chi connectivity index (χ4v) is 4.15. The van der Waals surface area contributed by atoms with E-state index in [1.807, 2.05) is 30.3 Å². The lowest BCUT2D eigenvalue weighted by Gasteiger charge is -2.19. The van der Waals surface area contributed by atoms with Gasteiger partial charge >= 0.3 is 6.18 Å². The summed E-state index contributed by atoms with van der Waals surface area (Å²) in [6, 6.07) is 13.7. The van der Waals surface area contributed by atoms with Crippen molar-refractivity contribution in [2.45, 2.75) is 24.2 Å². The minimum atomic E-state index is -4.76. The Labute approximate surface area is 161 Å². The summed E-state index contributed by atoms with van der Waals surface area (Å²) in [7, 11) is -3.08. The molecule has 1 heterocycles. The highest BCUT2D eigenvalue weighted by molar-refractivity contribution is 7.89. The quantitative estimate of drug-likeness (QED) is 0.623. The average molecular weight is 409 g/mol. The number of aromatic nitrogens is 2. The third-order valence-electron chi connectivity index (χ3n) is 4.16. The van der Waals surface area contributed by atoms with E-state index in [0.29, 0.717) is 12.1 Å². The fraction of sp³-hybridized carbons (Fsp3) is 0.211. The maximum Gasteiger partial charge on any atom is 0.417 e. The van der Waals surface area contributed by atoms with Crippen LogP contribution >= 0.6 is 0 Å². The summed E-state index contributed by atoms with van der Waals surface area (Å²) in [6.45, 7) is 0.414. The molecule has 3 aromatic rings. The normalized spacial score (nSPS) is 12.5. The van der Waals surface area contributed by atoms with Crippen LogP contribution in [-0.4, -0.2) is 29.6 Å². The van der Waals surface area contributed by atoms with E-state index in [0.717, 1.165) is 28.1 Å². The molecule has 0 unspecified atom stereocenters. The monoisotopic (exact) mass is 409 g/mol. The van der Waals surface area contributed by atoms with Crippen LogP contribution in [0.25, 0.3) is 0 Å². The van der Waals surface area contributed by atoms with Gasteiger partial charge in [0.1, 0.15) is 0 Å². The van der Waals surface area contributed by atoms with Crippen molar-refractivity contribution in [2.75, 3.05) is 7.05 Å². The minimum absolute atomic E-state index is 0.0939. The summed E-state index contributed by atoms with van der Waals surface area (Å²) in [6.07, 6.45) is -1.58. The molecule has 9 heteroatoms. The average Bonchev–Trinajstić information content (AvgIpc) is 3.08. The van der Waals surface area contributed by atoms with Gasteiger partial charge in [0.2, 0.25) is 10.0 Å². The first kappa shape index (κ1) is 20.1. The molecule has 2 aromatic carbocycles. The van der Waals surface area contributed by atoms with Crippen LogP contribution in [0.15, 0.2) is 71.9 Å². The number of halogens is 3. The molecule has 0 atom stereocenters. The van der Waals surface area contributed by atoms with E-state index in [2.05, 4.69) is 5.10 Å². The Hall–Kier alpha value is -2.65. The maximum atomic E-state index is 13.2. The van der Waals surface area contributed by atoms with Crippen LogP contribution in [0.3, 0.4) is 0 Å². The molecule has 0 N–H and O–H groups in total. The zero-order valence-electron chi connectivity index (χ0n) is 15.0. The number of rotatable bonds is 6. The number of benzene rings is 2. The van der Waals surface area contributed by atoms with Crippen molar-refractivity contribution in [2.24, 2.45) is 0 Å². The van der Waals surface area contributed by atoms with E-state index in [1.54, 1.807) is 10.9 Å². The highest BCUT2D eigenvalue weighted by Gasteiger charge is 2.38. The summed E-state index contributed by atoms with van der Waals surface area (Å²) < 4.78 is 67.5. The van der Waals surface area contributed by atoms with E-state index in [-0.39, 0.29) is 6.54 Å². The Morgan fingerprint density at radius 3 is 2.32 bits per heavy atom. The molecule has 3 rings (SSSR count). The topological polar surface area (TPSA) is 55.2 Å². The highest BCUT2D eigenvalue weighted by Crippen LogP contribution is 2.35. The summed E-state index contributed by atoms with van der Waals surface area (Å²) in [5.74, 6) is 0. The zero-order valence-corrected chi connectivity index (χ0v) is 15.8. The first-order valence-electron chi connectivity index (χ1n) is 8.36. The SMILES string of the molecule is CN(Cc1cnn(Cc2ccccc2)c1)S(=O)(=O)c1ccccc1C(F)(F)F. The second-order valence-corrected chi connectivity index (χ2v) is 8.30. The van der Waals surface area contributed by atoms with E-state index in [4.69, 9.17) is 0 Å². The van der Waals surface area contributed by atoms with Gasteiger partial charge in [0, 0.05) is 25.4 Å². The van der Waals surface area contributed by atoms with Crippen molar-refractivity contribution < 1.29 is 21.6 Å². The lowest BCUT2D eigenvalue weighted by atomic mass is 10.2. The van der Waals surface area contributed by atoms with Crippen LogP contribution in [0.5, 0.6) is 0 Å². The molecular formula is C19H18F3N3O2S. The zero-order chi connectivity index (χ0) is 20.4. The van der Waals surface area contributed by atoms with Gasteiger partial charge in [0.15, 0.2) is 0 Å². The predicted molar refractivity (Wildman–Crippen MR) is 97.9 cm³/mol. The summed E-state index contributed by atoms with van der Waals surface area (Å²) in [5.41, 5.74) is 0.422. The number of hydrogen-bond donors (Lipinski definition) is 0. The predicted octanol–water partition coefficient (Wildman–Crippen LogP) is 3.77. The molecule has 1 aromatic heterocycles. The molecule has 0 aliphatic heterocycles. The first-order chi connectivity index (χ1) is 13.2. The number of hydrogen-bond acceptors (Lipinski definition) is 3. The molecule has 0 amide bonds. The van der Waals surface area contributed by atoms with Crippen molar-refractivity contribution in [1.82, 2.24) is 14.1 Å². The van der Waals surface area contributed by atoms with E-state index >= 15 is 0 Å². The number of alkyl halides is 3. The standard InChI is InChI=1S/C19H18F3N3O2S/c1-24(28(26,27)18-10-6-5-9-17(18)19(20,21)22)12-16-11-23-25(14-16)13-15-7-3-2-4-8-15/h2-11,14H,12-13H2,1H3. The van der Waals surface area contributed by atoms with Crippen LogP contribution in [-0.2, 0) is 29.3 Å². The lowest BCUT2D eigenvalue weighted by Crippen LogP contribution is -2.28. The van der Waals surface area contributed by atoms with E-state index in [1.165, 1.54) is 19.3 Å². The molecule has 0 saturated carbocycles. The van der Waals surface area contributed by atoms with Crippen molar-refractivity contribution >= 4 is 10.0 Å². The van der Waals surface area contributed by atoms with Crippen molar-refractivity contribution in [3.8, 4) is 0 Å². The smallest absolute Gasteiger partial charge is 0.268 e. The fourth-order valence-electron chi connectivity index (χ4n) is 2.78. The van der Waals surface area contributed by atoms with Crippen LogP contribution in [0, 0.1) is 0 Å². The van der Waals surface area contributed by atoms with Gasteiger partial charge in [-0.15, -0.1) is 0 Å². The molecule has 0 bridgehead atoms. The Balaban J connectivity index is 1.79. The Kier molecular flexibility index (Phi) is 5.57. The Morgan fingerprint density at radius 2 is 1.64 bits per heavy atom. The molecule has 0 spiro atoms. The maximum absolute atomic E-state index is 13.2. The van der Waals surface area contributed by atoms with Crippen LogP contribution in [0.2, 0.25) is 0 Å². The van der Waals surface area contributed by atoms with Crippen LogP contribution in [0.1, 0.15) is 16.7 Å². The van der Waals surface area contributed by atoms with Gasteiger partial charge in [-0.05, 0) is 17.7 Å².